The van der Waals surface area contributed by atoms with Crippen LogP contribution >= 0.6 is 12.6 Å². The van der Waals surface area contributed by atoms with Gasteiger partial charge in [-0.25, -0.2) is 4.79 Å². The van der Waals surface area contributed by atoms with Gasteiger partial charge in [-0.15, -0.1) is 0 Å². The van der Waals surface area contributed by atoms with Crippen LogP contribution in [0.15, 0.2) is 0 Å². The van der Waals surface area contributed by atoms with Crippen LogP contribution in [0.2, 0.25) is 0 Å². The monoisotopic (exact) mass is 946 g/mol. The molecule has 0 aromatic rings. The summed E-state index contributed by atoms with van der Waals surface area (Å²) in [5.74, 6) is -10.6. The number of likely N-dealkylation sites (tertiary alicyclic amines) is 2. The van der Waals surface area contributed by atoms with Gasteiger partial charge in [0.05, 0.1) is 19.3 Å². The van der Waals surface area contributed by atoms with Crippen molar-refractivity contribution in [1.82, 2.24) is 41.7 Å². The number of hydrogen-bond acceptors (Lipinski definition) is 16. The Labute approximate surface area is 381 Å². The van der Waals surface area contributed by atoms with Crippen molar-refractivity contribution < 1.29 is 73.5 Å². The average molecular weight is 947 g/mol. The second-order valence-corrected chi connectivity index (χ2v) is 16.6. The van der Waals surface area contributed by atoms with Gasteiger partial charge in [-0.2, -0.15) is 12.6 Å². The van der Waals surface area contributed by atoms with Gasteiger partial charge in [0, 0.05) is 25.3 Å². The Hall–Kier alpha value is -5.15. The van der Waals surface area contributed by atoms with E-state index in [1.165, 1.54) is 11.8 Å². The van der Waals surface area contributed by atoms with Crippen LogP contribution in [0.1, 0.15) is 78.6 Å². The van der Waals surface area contributed by atoms with E-state index in [0.717, 1.165) is 4.90 Å². The van der Waals surface area contributed by atoms with Crippen molar-refractivity contribution >= 4 is 71.8 Å². The number of nitrogens with two attached hydrogens (primary N) is 2. The van der Waals surface area contributed by atoms with Gasteiger partial charge in [0.1, 0.15) is 54.4 Å². The molecule has 25 nitrogen and oxygen atoms in total. The third kappa shape index (κ3) is 16.7. The first kappa shape index (κ1) is 56.0. The minimum Gasteiger partial charge on any atom is -0.481 e. The number of carbonyl (C=O) groups excluding carboxylic acids is 8. The van der Waals surface area contributed by atoms with Crippen molar-refractivity contribution in [2.24, 2.45) is 17.4 Å². The molecule has 2 rings (SSSR count). The Morgan fingerprint density at radius 3 is 1.60 bits per heavy atom. The van der Waals surface area contributed by atoms with Crippen LogP contribution in [-0.2, 0) is 47.9 Å². The lowest BCUT2D eigenvalue weighted by Crippen LogP contribution is -2.61. The smallest absolute Gasteiger partial charge is 0.328 e. The first-order chi connectivity index (χ1) is 30.6. The molecule has 0 aromatic heterocycles. The molecule has 2 saturated heterocycles. The molecule has 2 heterocycles. The number of aliphatic carboxylic acids is 2. The molecule has 0 spiro atoms. The number of carboxylic acid groups (broad SMARTS) is 2. The number of carboxylic acids is 2. The summed E-state index contributed by atoms with van der Waals surface area (Å²) >= 11 is 4.15. The summed E-state index contributed by atoms with van der Waals surface area (Å²) in [5.41, 5.74) is 11.4. The first-order valence-corrected chi connectivity index (χ1v) is 22.1. The number of aliphatic hydroxyl groups excluding tert-OH is 3. The average Bonchev–Trinajstić information content (AvgIpc) is 3.96. The number of unbranched alkanes of at least 4 members (excludes halogenated alkanes) is 1. The topological polar surface area (TPSA) is 403 Å². The number of rotatable bonds is 27. The van der Waals surface area contributed by atoms with Gasteiger partial charge in [0.15, 0.2) is 0 Å². The zero-order valence-corrected chi connectivity index (χ0v) is 37.7. The number of aliphatic hydroxyl groups is 3. The minimum atomic E-state index is -1.73. The molecule has 2 aliphatic heterocycles. The highest BCUT2D eigenvalue weighted by Gasteiger charge is 2.42. The highest BCUT2D eigenvalue weighted by molar-refractivity contribution is 7.80. The Kier molecular flexibility index (Phi) is 23.6. The maximum atomic E-state index is 14.1. The summed E-state index contributed by atoms with van der Waals surface area (Å²) in [4.78, 5) is 133. The Morgan fingerprint density at radius 2 is 1.14 bits per heavy atom. The molecule has 2 fully saturated rings. The normalized spacial score (nSPS) is 19.7. The van der Waals surface area contributed by atoms with Gasteiger partial charge >= 0.3 is 11.9 Å². The van der Waals surface area contributed by atoms with Gasteiger partial charge in [0.2, 0.25) is 47.3 Å². The second-order valence-electron chi connectivity index (χ2n) is 16.3. The molecule has 0 unspecified atom stereocenters. The van der Waals surface area contributed by atoms with Crippen LogP contribution < -0.4 is 43.4 Å². The zero-order valence-electron chi connectivity index (χ0n) is 36.8. The predicted molar refractivity (Wildman–Crippen MR) is 231 cm³/mol. The van der Waals surface area contributed by atoms with Gasteiger partial charge in [-0.1, -0.05) is 13.8 Å². The molecule has 10 atom stereocenters. The minimum absolute atomic E-state index is 0.0397. The van der Waals surface area contributed by atoms with E-state index in [9.17, 15) is 73.5 Å². The predicted octanol–water partition coefficient (Wildman–Crippen LogP) is -5.77. The van der Waals surface area contributed by atoms with Crippen molar-refractivity contribution in [3.63, 3.8) is 0 Å². The fourth-order valence-corrected chi connectivity index (χ4v) is 7.45. The van der Waals surface area contributed by atoms with Crippen molar-refractivity contribution in [1.29, 1.82) is 0 Å². The highest BCUT2D eigenvalue weighted by Crippen LogP contribution is 2.22. The van der Waals surface area contributed by atoms with Crippen molar-refractivity contribution in [2.45, 2.75) is 139 Å². The fourth-order valence-electron chi connectivity index (χ4n) is 7.20. The molecule has 0 radical (unpaired) electrons. The number of nitrogens with one attached hydrogen (secondary N) is 6. The van der Waals surface area contributed by atoms with E-state index >= 15 is 0 Å². The van der Waals surface area contributed by atoms with E-state index in [4.69, 9.17) is 11.5 Å². The highest BCUT2D eigenvalue weighted by atomic mass is 32.1. The van der Waals surface area contributed by atoms with Gasteiger partial charge in [0.25, 0.3) is 0 Å². The summed E-state index contributed by atoms with van der Waals surface area (Å²) in [6.07, 6.45) is -0.481. The van der Waals surface area contributed by atoms with E-state index in [1.807, 2.05) is 0 Å². The number of thiol groups is 1. The lowest BCUT2D eigenvalue weighted by molar-refractivity contribution is -0.145. The van der Waals surface area contributed by atoms with Crippen molar-refractivity contribution in [3.05, 3.63) is 0 Å². The van der Waals surface area contributed by atoms with E-state index in [0.29, 0.717) is 25.7 Å². The third-order valence-corrected chi connectivity index (χ3v) is 11.4. The maximum Gasteiger partial charge on any atom is 0.328 e. The quantitative estimate of drug-likeness (QED) is 0.0269. The molecule has 0 saturated carbocycles. The summed E-state index contributed by atoms with van der Waals surface area (Å²) in [5, 5.41) is 62.3. The zero-order chi connectivity index (χ0) is 49.1. The van der Waals surface area contributed by atoms with Crippen LogP contribution in [0.3, 0.4) is 0 Å². The lowest BCUT2D eigenvalue weighted by atomic mass is 10.0. The third-order valence-electron chi connectivity index (χ3n) is 11.0. The molecule has 8 amide bonds. The van der Waals surface area contributed by atoms with Crippen molar-refractivity contribution in [2.75, 3.05) is 38.6 Å². The lowest BCUT2D eigenvalue weighted by Gasteiger charge is -2.31. The van der Waals surface area contributed by atoms with E-state index < -0.39 is 152 Å². The maximum absolute atomic E-state index is 14.1. The van der Waals surface area contributed by atoms with Crippen LogP contribution in [0, 0.1) is 5.92 Å². The number of hydrogen-bond donors (Lipinski definition) is 14. The Bertz CT molecular complexity index is 1710. The molecule has 368 valence electrons. The summed E-state index contributed by atoms with van der Waals surface area (Å²) in [7, 11) is 0. The SMILES string of the molecule is CC(C)[C@H](NC(=O)[C@@H](N)[C@@H](C)O)C(=O)N[C@@H](CCCCN)C(=O)N1CCC[C@H]1C(=O)N[C@@H](CO)C(=O)N[C@@H](CCC(=O)O)C(=O)N[C@@H](CS)C(=O)N1CCC[C@H]1C(=O)N[C@@H](CO)C(=O)O. The molecule has 26 heteroatoms. The molecule has 0 bridgehead atoms. The summed E-state index contributed by atoms with van der Waals surface area (Å²) in [6, 6.07) is -12.5. The Balaban J connectivity index is 2.23. The van der Waals surface area contributed by atoms with Gasteiger partial charge in [-0.05, 0) is 70.8 Å². The standard InChI is InChI=1S/C39H66N10O15S/c1-19(2)30(47-35(59)29(41)20(3)52)36(60)43-22(8-4-5-13-40)37(61)48-14-6-9-26(48)33(57)44-23(16-50)32(56)42-21(11-12-28(53)54)31(55)46-25(18-65)38(62)49-15-7-10-27(49)34(58)45-24(17-51)39(63)64/h19-27,29-30,50-52,65H,4-18,40-41H2,1-3H3,(H,42,56)(H,43,60)(H,44,57)(H,45,58)(H,46,55)(H,47,59)(H,53,54)(H,63,64)/t20-,21+,22+,23+,24+,25+,26+,27+,29+,30+/m1/s1. The molecule has 15 N–H and O–H groups in total. The van der Waals surface area contributed by atoms with Crippen LogP contribution in [0.25, 0.3) is 0 Å². The second kappa shape index (κ2) is 27.4. The van der Waals surface area contributed by atoms with E-state index in [1.54, 1.807) is 13.8 Å². The fraction of sp³-hybridized carbons (Fsp3) is 0.744. The number of nitrogens with zero attached hydrogens (tertiary/aromatic N) is 2. The molecular formula is C39H66N10O15S. The van der Waals surface area contributed by atoms with Crippen molar-refractivity contribution in [3.8, 4) is 0 Å². The Morgan fingerprint density at radius 1 is 0.646 bits per heavy atom. The summed E-state index contributed by atoms with van der Waals surface area (Å²) < 4.78 is 0. The van der Waals surface area contributed by atoms with Gasteiger partial charge in [-0.3, -0.25) is 43.2 Å². The largest absolute Gasteiger partial charge is 0.481 e. The molecular weight excluding hydrogens is 881 g/mol. The molecule has 65 heavy (non-hydrogen) atoms. The van der Waals surface area contributed by atoms with Crippen LogP contribution in [0.4, 0.5) is 0 Å². The number of carbonyl (C=O) groups is 10. The molecule has 0 aliphatic carbocycles. The van der Waals surface area contributed by atoms with Crippen LogP contribution in [-0.4, -0.2) is 194 Å². The van der Waals surface area contributed by atoms with E-state index in [-0.39, 0.29) is 44.6 Å². The molecule has 0 aromatic carbocycles. The number of amides is 8. The summed E-state index contributed by atoms with van der Waals surface area (Å²) in [6.45, 7) is 3.08. The van der Waals surface area contributed by atoms with Gasteiger partial charge < -0.3 is 78.7 Å². The molecule has 2 aliphatic rings. The first-order valence-electron chi connectivity index (χ1n) is 21.5. The van der Waals surface area contributed by atoms with Crippen LogP contribution in [0.5, 0.6) is 0 Å². The van der Waals surface area contributed by atoms with E-state index in [2.05, 4.69) is 44.5 Å².